The van der Waals surface area contributed by atoms with Crippen molar-refractivity contribution in [1.82, 2.24) is 0 Å². The topological polar surface area (TPSA) is 18.5 Å². The number of fused-ring (bicyclic) bond motifs is 2. The Morgan fingerprint density at radius 1 is 1.30 bits per heavy atom. The number of rotatable bonds is 1. The third-order valence-electron chi connectivity index (χ3n) is 3.57. The van der Waals surface area contributed by atoms with Gasteiger partial charge in [0.15, 0.2) is 0 Å². The van der Waals surface area contributed by atoms with Crippen molar-refractivity contribution in [3.63, 3.8) is 0 Å². The maximum absolute atomic E-state index is 6.43. The predicted octanol–water partition coefficient (Wildman–Crippen LogP) is 4.70. The van der Waals surface area contributed by atoms with Crippen LogP contribution in [0.3, 0.4) is 0 Å². The van der Waals surface area contributed by atoms with Crippen LogP contribution in [-0.2, 0) is 9.47 Å². The van der Waals surface area contributed by atoms with Crippen LogP contribution in [0.1, 0.15) is 26.2 Å². The van der Waals surface area contributed by atoms with Crippen LogP contribution in [0.25, 0.3) is 0 Å². The van der Waals surface area contributed by atoms with Crippen LogP contribution in [-0.4, -0.2) is 34.6 Å². The number of alkyl halides is 2. The van der Waals surface area contributed by atoms with Crippen LogP contribution in [0, 0.1) is 0 Å². The number of hydrogen-bond acceptors (Lipinski definition) is 2. The summed E-state index contributed by atoms with van der Waals surface area (Å²) < 4.78 is 12.1. The molecule has 6 unspecified atom stereocenters. The van der Waals surface area contributed by atoms with Gasteiger partial charge < -0.3 is 9.47 Å². The van der Waals surface area contributed by atoms with Crippen molar-refractivity contribution in [2.45, 2.75) is 60.8 Å². The molecule has 2 aliphatic rings. The number of ether oxygens (including phenoxy) is 2. The molecule has 1 fully saturated rings. The van der Waals surface area contributed by atoms with Crippen molar-refractivity contribution < 1.29 is 9.47 Å². The number of halogens is 3. The molecule has 2 rings (SSSR count). The molecule has 0 amide bonds. The molecule has 1 saturated heterocycles. The molecule has 0 N–H and O–H groups in total. The van der Waals surface area contributed by atoms with E-state index < -0.39 is 0 Å². The smallest absolute Gasteiger partial charge is 0.0858 e. The number of hydrogen-bond donors (Lipinski definition) is 0. The molecule has 2 nitrogen and oxygen atoms in total. The summed E-state index contributed by atoms with van der Waals surface area (Å²) in [6.45, 7) is 2.08. The van der Waals surface area contributed by atoms with E-state index in [1.165, 1.54) is 0 Å². The fraction of sp³-hybridized carbons (Fsp3) is 0.667. The SMILES string of the molecule is CC1CC=CC(Br)C2CC(Cl)C(CC(C=C=CBr)O1)O2. The van der Waals surface area contributed by atoms with Crippen LogP contribution >= 0.6 is 43.5 Å². The Hall–Kier alpha value is 0.430. The lowest BCUT2D eigenvalue weighted by Gasteiger charge is -2.22. The summed E-state index contributed by atoms with van der Waals surface area (Å²) in [6.07, 6.45) is 9.06. The van der Waals surface area contributed by atoms with Gasteiger partial charge in [-0.15, -0.1) is 17.3 Å². The highest BCUT2D eigenvalue weighted by Crippen LogP contribution is 2.34. The molecule has 2 bridgehead atoms. The van der Waals surface area contributed by atoms with E-state index in [2.05, 4.69) is 56.7 Å². The van der Waals surface area contributed by atoms with E-state index in [4.69, 9.17) is 21.1 Å². The zero-order valence-electron chi connectivity index (χ0n) is 11.3. The van der Waals surface area contributed by atoms with E-state index in [-0.39, 0.29) is 34.6 Å². The Morgan fingerprint density at radius 2 is 2.10 bits per heavy atom. The van der Waals surface area contributed by atoms with Crippen molar-refractivity contribution in [2.75, 3.05) is 0 Å². The molecular weight excluding hydrogens is 407 g/mol. The average molecular weight is 427 g/mol. The first-order chi connectivity index (χ1) is 9.60. The Kier molecular flexibility index (Phi) is 6.86. The van der Waals surface area contributed by atoms with Gasteiger partial charge in [-0.3, -0.25) is 0 Å². The van der Waals surface area contributed by atoms with Crippen molar-refractivity contribution in [3.05, 3.63) is 28.9 Å². The van der Waals surface area contributed by atoms with Gasteiger partial charge in [0.25, 0.3) is 0 Å². The van der Waals surface area contributed by atoms with Crippen LogP contribution in [0.2, 0.25) is 0 Å². The third kappa shape index (κ3) is 4.72. The molecule has 5 heteroatoms. The lowest BCUT2D eigenvalue weighted by atomic mass is 10.1. The summed E-state index contributed by atoms with van der Waals surface area (Å²) in [5, 5.41) is 0.0376. The van der Waals surface area contributed by atoms with Gasteiger partial charge in [0.2, 0.25) is 0 Å². The molecule has 0 aliphatic carbocycles. The van der Waals surface area contributed by atoms with E-state index in [0.29, 0.717) is 0 Å². The highest BCUT2D eigenvalue weighted by Gasteiger charge is 2.38. The fourth-order valence-corrected chi connectivity index (χ4v) is 3.61. The Balaban J connectivity index is 2.16. The second-order valence-electron chi connectivity index (χ2n) is 5.24. The summed E-state index contributed by atoms with van der Waals surface area (Å²) in [6, 6.07) is 0. The maximum atomic E-state index is 6.43. The highest BCUT2D eigenvalue weighted by molar-refractivity contribution is 9.11. The Labute approximate surface area is 142 Å². The molecule has 20 heavy (non-hydrogen) atoms. The van der Waals surface area contributed by atoms with E-state index in [9.17, 15) is 0 Å². The van der Waals surface area contributed by atoms with Crippen LogP contribution in [0.15, 0.2) is 28.9 Å². The molecule has 2 heterocycles. The van der Waals surface area contributed by atoms with Gasteiger partial charge in [0, 0.05) is 11.4 Å². The van der Waals surface area contributed by atoms with Crippen molar-refractivity contribution in [2.24, 2.45) is 0 Å². The first-order valence-corrected chi connectivity index (χ1v) is 9.14. The largest absolute Gasteiger partial charge is 0.372 e. The third-order valence-corrected chi connectivity index (χ3v) is 5.19. The van der Waals surface area contributed by atoms with E-state index >= 15 is 0 Å². The van der Waals surface area contributed by atoms with Gasteiger partial charge in [-0.05, 0) is 25.8 Å². The molecule has 0 spiro atoms. The fourth-order valence-electron chi connectivity index (χ4n) is 2.56. The summed E-state index contributed by atoms with van der Waals surface area (Å²) in [5.41, 5.74) is 3.04. The first kappa shape index (κ1) is 16.8. The zero-order valence-corrected chi connectivity index (χ0v) is 15.3. The van der Waals surface area contributed by atoms with Gasteiger partial charge in [0.1, 0.15) is 0 Å². The minimum Gasteiger partial charge on any atom is -0.372 e. The zero-order chi connectivity index (χ0) is 14.5. The molecule has 2 aliphatic heterocycles. The Bertz CT molecular complexity index is 407. The second-order valence-corrected chi connectivity index (χ2v) is 7.31. The Morgan fingerprint density at radius 3 is 2.85 bits per heavy atom. The second kappa shape index (κ2) is 8.17. The summed E-state index contributed by atoms with van der Waals surface area (Å²) in [4.78, 5) is 1.92. The molecule has 6 atom stereocenters. The van der Waals surface area contributed by atoms with Crippen LogP contribution < -0.4 is 0 Å². The summed E-state index contributed by atoms with van der Waals surface area (Å²) >= 11 is 13.3. The normalized spacial score (nSPS) is 41.6. The maximum Gasteiger partial charge on any atom is 0.0858 e. The molecule has 0 aromatic heterocycles. The summed E-state index contributed by atoms with van der Waals surface area (Å²) in [5.74, 6) is 0. The van der Waals surface area contributed by atoms with E-state index in [0.717, 1.165) is 19.3 Å². The van der Waals surface area contributed by atoms with Gasteiger partial charge in [-0.25, -0.2) is 0 Å². The van der Waals surface area contributed by atoms with Crippen molar-refractivity contribution >= 4 is 43.5 Å². The molecule has 0 aromatic rings. The van der Waals surface area contributed by atoms with Crippen LogP contribution in [0.5, 0.6) is 0 Å². The highest BCUT2D eigenvalue weighted by atomic mass is 79.9. The van der Waals surface area contributed by atoms with Gasteiger partial charge in [0.05, 0.1) is 34.6 Å². The molecule has 0 saturated carbocycles. The molecule has 0 aromatic carbocycles. The molecule has 112 valence electrons. The van der Waals surface area contributed by atoms with Crippen molar-refractivity contribution in [1.29, 1.82) is 0 Å². The quantitative estimate of drug-likeness (QED) is 0.344. The standard InChI is InChI=1S/C15H19Br2ClO2/c1-10-4-2-6-12(17)14-9-13(18)15(20-14)8-11(19-10)5-3-7-16/h2,5-7,10-15H,4,8-9H2,1H3. The van der Waals surface area contributed by atoms with Gasteiger partial charge in [-0.1, -0.05) is 44.0 Å². The molecule has 0 radical (unpaired) electrons. The van der Waals surface area contributed by atoms with E-state index in [1.54, 1.807) is 4.99 Å². The van der Waals surface area contributed by atoms with Crippen LogP contribution in [0.4, 0.5) is 0 Å². The average Bonchev–Trinajstić information content (AvgIpc) is 2.75. The summed E-state index contributed by atoms with van der Waals surface area (Å²) in [7, 11) is 0. The van der Waals surface area contributed by atoms with Gasteiger partial charge >= 0.3 is 0 Å². The van der Waals surface area contributed by atoms with Gasteiger partial charge in [-0.2, -0.15) is 0 Å². The lowest BCUT2D eigenvalue weighted by molar-refractivity contribution is -0.0195. The monoisotopic (exact) mass is 424 g/mol. The minimum atomic E-state index is -0.0240. The lowest BCUT2D eigenvalue weighted by Crippen LogP contribution is -2.27. The van der Waals surface area contributed by atoms with E-state index in [1.807, 2.05) is 6.08 Å². The minimum absolute atomic E-state index is 0.0240. The predicted molar refractivity (Wildman–Crippen MR) is 89.9 cm³/mol. The van der Waals surface area contributed by atoms with Crippen molar-refractivity contribution in [3.8, 4) is 0 Å². The first-order valence-electron chi connectivity index (χ1n) is 6.87. The molecular formula is C15H19Br2ClO2.